The van der Waals surface area contributed by atoms with Crippen LogP contribution in [0.5, 0.6) is 0 Å². The van der Waals surface area contributed by atoms with Gasteiger partial charge >= 0.3 is 5.97 Å². The van der Waals surface area contributed by atoms with E-state index in [9.17, 15) is 24.3 Å². The van der Waals surface area contributed by atoms with E-state index in [-0.39, 0.29) is 35.2 Å². The summed E-state index contributed by atoms with van der Waals surface area (Å²) < 4.78 is 1.83. The molecule has 0 aromatic carbocycles. The number of hydrogen-bond donors (Lipinski definition) is 4. The zero-order valence-electron chi connectivity index (χ0n) is 19.1. The molecule has 2 atom stereocenters. The Bertz CT molecular complexity index is 1320. The van der Waals surface area contributed by atoms with Gasteiger partial charge in [-0.05, 0) is 0 Å². The minimum absolute atomic E-state index is 0.0962. The van der Waals surface area contributed by atoms with Gasteiger partial charge in [-0.15, -0.1) is 23.1 Å². The van der Waals surface area contributed by atoms with Gasteiger partial charge in [0.25, 0.3) is 11.8 Å². The molecule has 0 bridgehead atoms. The van der Waals surface area contributed by atoms with Crippen molar-refractivity contribution in [2.24, 2.45) is 10.9 Å². The molecule has 16 heteroatoms. The SMILES string of the molecule is CO/N=C(\C(=O)N[C@@H]1C(=O)N2C(C(=O)O)=C(C[n+]3csc(CC(N)=O)c3C)CS[C@H]12)c1csc(N)n1. The number of hydrogen-bond acceptors (Lipinski definition) is 11. The Hall–Kier alpha value is -3.50. The first-order chi connectivity index (χ1) is 17.1. The maximum absolute atomic E-state index is 13.0. The smallest absolute Gasteiger partial charge is 0.352 e. The lowest BCUT2D eigenvalue weighted by Gasteiger charge is -2.49. The molecule has 2 aliphatic heterocycles. The molecule has 0 unspecified atom stereocenters. The number of thiazole rings is 2. The molecule has 1 saturated heterocycles. The zero-order chi connectivity index (χ0) is 26.1. The summed E-state index contributed by atoms with van der Waals surface area (Å²) in [5.41, 5.74) is 14.0. The van der Waals surface area contributed by atoms with Crippen LogP contribution >= 0.6 is 34.4 Å². The van der Waals surface area contributed by atoms with Crippen LogP contribution < -0.4 is 21.4 Å². The van der Waals surface area contributed by atoms with Gasteiger partial charge in [0.05, 0.1) is 11.3 Å². The fraction of sp³-hybridized carbons (Fsp3) is 0.350. The summed E-state index contributed by atoms with van der Waals surface area (Å²) in [6.45, 7) is 2.06. The molecule has 0 aliphatic carbocycles. The lowest BCUT2D eigenvalue weighted by atomic mass is 10.0. The number of carboxylic acid groups (broad SMARTS) is 1. The molecule has 6 N–H and O–H groups in total. The largest absolute Gasteiger partial charge is 0.477 e. The third kappa shape index (κ3) is 4.78. The number of aliphatic carboxylic acids is 1. The first kappa shape index (κ1) is 25.6. The summed E-state index contributed by atoms with van der Waals surface area (Å²) in [5.74, 6) is -2.61. The van der Waals surface area contributed by atoms with Gasteiger partial charge in [0.15, 0.2) is 23.1 Å². The third-order valence-corrected chi connectivity index (χ3v) is 8.65. The normalized spacial score (nSPS) is 19.6. The molecule has 3 amide bonds. The lowest BCUT2D eigenvalue weighted by molar-refractivity contribution is -0.690. The number of primary amides is 1. The second kappa shape index (κ2) is 10.2. The summed E-state index contributed by atoms with van der Waals surface area (Å²) in [7, 11) is 1.27. The van der Waals surface area contributed by atoms with Crippen molar-refractivity contribution < 1.29 is 33.7 Å². The molecular weight excluding hydrogens is 530 g/mol. The highest BCUT2D eigenvalue weighted by Crippen LogP contribution is 2.40. The number of aromatic nitrogens is 2. The van der Waals surface area contributed by atoms with Crippen molar-refractivity contribution in [3.63, 3.8) is 0 Å². The highest BCUT2D eigenvalue weighted by molar-refractivity contribution is 8.00. The minimum atomic E-state index is -1.24. The Balaban J connectivity index is 1.53. The first-order valence-electron chi connectivity index (χ1n) is 10.4. The van der Waals surface area contributed by atoms with Crippen molar-refractivity contribution in [1.29, 1.82) is 0 Å². The molecule has 0 radical (unpaired) electrons. The number of β-lactam (4-membered cyclic amide) rings is 1. The van der Waals surface area contributed by atoms with Crippen LogP contribution in [-0.4, -0.2) is 68.7 Å². The Morgan fingerprint density at radius 3 is 2.75 bits per heavy atom. The van der Waals surface area contributed by atoms with Crippen LogP contribution in [0.3, 0.4) is 0 Å². The summed E-state index contributed by atoms with van der Waals surface area (Å²) in [6.07, 6.45) is 0.0962. The van der Waals surface area contributed by atoms with Crippen molar-refractivity contribution in [1.82, 2.24) is 15.2 Å². The molecule has 4 rings (SSSR count). The van der Waals surface area contributed by atoms with Crippen LogP contribution in [0.4, 0.5) is 5.13 Å². The van der Waals surface area contributed by atoms with Crippen LogP contribution in [0.2, 0.25) is 0 Å². The minimum Gasteiger partial charge on any atom is -0.477 e. The summed E-state index contributed by atoms with van der Waals surface area (Å²) in [4.78, 5) is 60.1. The average Bonchev–Trinajstić information content (AvgIpc) is 3.40. The van der Waals surface area contributed by atoms with Gasteiger partial charge in [0.2, 0.25) is 11.4 Å². The van der Waals surface area contributed by atoms with E-state index < -0.39 is 35.1 Å². The fourth-order valence-electron chi connectivity index (χ4n) is 3.85. The predicted octanol–water partition coefficient (Wildman–Crippen LogP) is -0.800. The number of nitrogen functional groups attached to an aromatic ring is 1. The number of anilines is 1. The highest BCUT2D eigenvalue weighted by atomic mass is 32.2. The number of fused-ring (bicyclic) bond motifs is 1. The molecule has 0 spiro atoms. The number of nitrogens with zero attached hydrogens (tertiary/aromatic N) is 4. The quantitative estimate of drug-likeness (QED) is 0.133. The van der Waals surface area contributed by atoms with Gasteiger partial charge < -0.3 is 26.7 Å². The molecular formula is C20H22N7O6S3+. The molecule has 2 aromatic heterocycles. The Kier molecular flexibility index (Phi) is 7.28. The van der Waals surface area contributed by atoms with E-state index in [1.165, 1.54) is 40.5 Å². The fourth-order valence-corrected chi connectivity index (χ4v) is 6.73. The highest BCUT2D eigenvalue weighted by Gasteiger charge is 2.55. The van der Waals surface area contributed by atoms with Crippen molar-refractivity contribution in [3.05, 3.63) is 38.4 Å². The van der Waals surface area contributed by atoms with E-state index >= 15 is 0 Å². The number of nitrogens with one attached hydrogen (secondary N) is 1. The first-order valence-corrected chi connectivity index (χ1v) is 13.2. The van der Waals surface area contributed by atoms with Gasteiger partial charge in [-0.3, -0.25) is 19.3 Å². The summed E-state index contributed by atoms with van der Waals surface area (Å²) in [5, 5.41) is 17.4. The van der Waals surface area contributed by atoms with Gasteiger partial charge in [-0.2, -0.15) is 4.57 Å². The molecule has 0 saturated carbocycles. The van der Waals surface area contributed by atoms with E-state index in [0.29, 0.717) is 11.3 Å². The van der Waals surface area contributed by atoms with E-state index in [1.807, 2.05) is 11.5 Å². The van der Waals surface area contributed by atoms with Crippen LogP contribution in [0.15, 0.2) is 27.3 Å². The Morgan fingerprint density at radius 1 is 1.39 bits per heavy atom. The zero-order valence-corrected chi connectivity index (χ0v) is 21.5. The number of rotatable bonds is 9. The molecule has 2 aromatic rings. The van der Waals surface area contributed by atoms with E-state index in [2.05, 4.69) is 15.5 Å². The van der Waals surface area contributed by atoms with Gasteiger partial charge in [0, 0.05) is 23.6 Å². The molecule has 36 heavy (non-hydrogen) atoms. The van der Waals surface area contributed by atoms with E-state index in [1.54, 1.807) is 5.51 Å². The number of carboxylic acids is 1. The third-order valence-electron chi connectivity index (χ3n) is 5.55. The van der Waals surface area contributed by atoms with Gasteiger partial charge in [-0.1, -0.05) is 16.5 Å². The number of carbonyl (C=O) groups excluding carboxylic acids is 3. The van der Waals surface area contributed by atoms with Gasteiger partial charge in [-0.25, -0.2) is 9.78 Å². The molecule has 190 valence electrons. The van der Waals surface area contributed by atoms with Crippen molar-refractivity contribution in [3.8, 4) is 0 Å². The summed E-state index contributed by atoms with van der Waals surface area (Å²) in [6, 6.07) is -0.950. The summed E-state index contributed by atoms with van der Waals surface area (Å²) >= 11 is 3.82. The number of thioether (sulfide) groups is 1. The molecule has 13 nitrogen and oxygen atoms in total. The molecule has 2 aliphatic rings. The van der Waals surface area contributed by atoms with Crippen LogP contribution in [0.1, 0.15) is 16.3 Å². The second-order valence-corrected chi connectivity index (χ2v) is 10.7. The molecule has 1 fully saturated rings. The van der Waals surface area contributed by atoms with Crippen LogP contribution in [-0.2, 0) is 37.0 Å². The van der Waals surface area contributed by atoms with Crippen molar-refractivity contribution >= 4 is 69.0 Å². The maximum Gasteiger partial charge on any atom is 0.352 e. The standard InChI is InChI=1S/C20H21N7O6S3/c1-8-11(3-12(21)28)36-7-26(8)4-9-5-34-18-14(17(30)27(18)15(9)19(31)32)24-16(29)13(25-33-2)10-6-35-20(22)23-10/h6-7,14,18H,3-5H2,1-2H3,(H5-,21,22,23,24,28,29,31,32)/p+1/b25-13-/t14-,18-/m1/s1. The second-order valence-electron chi connectivity index (χ2n) is 7.81. The average molecular weight is 553 g/mol. The lowest BCUT2D eigenvalue weighted by Crippen LogP contribution is -2.71. The van der Waals surface area contributed by atoms with Crippen molar-refractivity contribution in [2.75, 3.05) is 18.6 Å². The number of oxime groups is 1. The van der Waals surface area contributed by atoms with Gasteiger partial charge in [0.1, 0.15) is 29.9 Å². The Morgan fingerprint density at radius 2 is 2.14 bits per heavy atom. The maximum atomic E-state index is 13.0. The van der Waals surface area contributed by atoms with Crippen LogP contribution in [0.25, 0.3) is 0 Å². The molecule has 4 heterocycles. The predicted molar refractivity (Wildman–Crippen MR) is 132 cm³/mol. The van der Waals surface area contributed by atoms with E-state index in [4.69, 9.17) is 16.3 Å². The van der Waals surface area contributed by atoms with Crippen molar-refractivity contribution in [2.45, 2.75) is 31.3 Å². The Labute approximate surface area is 216 Å². The number of carbonyl (C=O) groups is 4. The van der Waals surface area contributed by atoms with E-state index in [0.717, 1.165) is 21.9 Å². The van der Waals surface area contributed by atoms with Crippen LogP contribution in [0, 0.1) is 6.92 Å². The number of nitrogens with two attached hydrogens (primary N) is 2. The monoisotopic (exact) mass is 552 g/mol. The topological polar surface area (TPSA) is 194 Å². The number of amides is 3.